The van der Waals surface area contributed by atoms with Crippen molar-refractivity contribution in [2.24, 2.45) is 5.41 Å². The van der Waals surface area contributed by atoms with E-state index in [1.165, 1.54) is 16.7 Å². The second-order valence-electron chi connectivity index (χ2n) is 9.62. The first-order chi connectivity index (χ1) is 15.5. The molecule has 0 heterocycles. The molecule has 0 N–H and O–H groups in total. The van der Waals surface area contributed by atoms with E-state index in [2.05, 4.69) is 112 Å². The normalized spacial score (nSPS) is 12.5. The first-order valence-electron chi connectivity index (χ1n) is 11.8. The maximum absolute atomic E-state index is 6.65. The standard InChI is InChI=1S/C29H38O2Si/c1-4-20-30-23-29(21-25-14-8-5-9-15-25,22-26-16-10-6-11-17-26)24-31-32-28(2,3)27-18-12-7-13-19-27/h5-19H,4,20-24,32H2,1-3H3. The molecule has 0 fully saturated rings. The van der Waals surface area contributed by atoms with Crippen LogP contribution in [0.5, 0.6) is 0 Å². The molecule has 0 aliphatic heterocycles. The molecule has 3 aromatic rings. The van der Waals surface area contributed by atoms with Crippen molar-refractivity contribution in [3.05, 3.63) is 108 Å². The molecule has 32 heavy (non-hydrogen) atoms. The lowest BCUT2D eigenvalue weighted by atomic mass is 9.78. The predicted octanol–water partition coefficient (Wildman–Crippen LogP) is 5.92. The van der Waals surface area contributed by atoms with Crippen molar-refractivity contribution >= 4 is 9.76 Å². The van der Waals surface area contributed by atoms with Crippen LogP contribution in [-0.4, -0.2) is 29.6 Å². The van der Waals surface area contributed by atoms with Gasteiger partial charge < -0.3 is 9.16 Å². The van der Waals surface area contributed by atoms with Gasteiger partial charge in [0.1, 0.15) is 0 Å². The van der Waals surface area contributed by atoms with Gasteiger partial charge in [-0.1, -0.05) is 112 Å². The zero-order valence-corrected chi connectivity index (χ0v) is 21.3. The Bertz CT molecular complexity index is 853. The van der Waals surface area contributed by atoms with Gasteiger partial charge in [0, 0.05) is 23.7 Å². The summed E-state index contributed by atoms with van der Waals surface area (Å²) in [7, 11) is -0.801. The molecule has 0 saturated heterocycles. The molecule has 3 heteroatoms. The van der Waals surface area contributed by atoms with Gasteiger partial charge in [0.25, 0.3) is 0 Å². The average Bonchev–Trinajstić information content (AvgIpc) is 2.81. The number of hydrogen-bond acceptors (Lipinski definition) is 2. The molecule has 0 bridgehead atoms. The molecule has 0 saturated carbocycles. The lowest BCUT2D eigenvalue weighted by molar-refractivity contribution is 0.0130. The monoisotopic (exact) mass is 446 g/mol. The second kappa shape index (κ2) is 12.1. The highest BCUT2D eigenvalue weighted by molar-refractivity contribution is 6.32. The summed E-state index contributed by atoms with van der Waals surface area (Å²) in [6, 6.07) is 32.4. The van der Waals surface area contributed by atoms with Gasteiger partial charge in [-0.25, -0.2) is 0 Å². The Balaban J connectivity index is 1.81. The quantitative estimate of drug-likeness (QED) is 0.240. The van der Waals surface area contributed by atoms with Crippen molar-refractivity contribution in [1.29, 1.82) is 0 Å². The second-order valence-corrected chi connectivity index (χ2v) is 12.1. The molecule has 3 aromatic carbocycles. The van der Waals surface area contributed by atoms with Crippen molar-refractivity contribution in [2.75, 3.05) is 19.8 Å². The molecule has 0 spiro atoms. The Morgan fingerprint density at radius 3 is 1.69 bits per heavy atom. The van der Waals surface area contributed by atoms with Crippen molar-refractivity contribution in [1.82, 2.24) is 0 Å². The molecule has 0 atom stereocenters. The minimum Gasteiger partial charge on any atom is -0.422 e. The smallest absolute Gasteiger partial charge is 0.171 e. The Morgan fingerprint density at radius 1 is 0.688 bits per heavy atom. The molecule has 0 radical (unpaired) electrons. The van der Waals surface area contributed by atoms with Gasteiger partial charge in [0.15, 0.2) is 9.76 Å². The first kappa shape index (κ1) is 24.4. The largest absolute Gasteiger partial charge is 0.422 e. The fraction of sp³-hybridized carbons (Fsp3) is 0.379. The number of rotatable bonds is 13. The SMILES string of the molecule is CCCOCC(CO[SiH2]C(C)(C)c1ccccc1)(Cc1ccccc1)Cc1ccccc1. The highest BCUT2D eigenvalue weighted by atomic mass is 28.2. The fourth-order valence-electron chi connectivity index (χ4n) is 4.29. The lowest BCUT2D eigenvalue weighted by Crippen LogP contribution is -2.40. The maximum atomic E-state index is 6.65. The van der Waals surface area contributed by atoms with Gasteiger partial charge in [-0.2, -0.15) is 0 Å². The molecule has 2 nitrogen and oxygen atoms in total. The Kier molecular flexibility index (Phi) is 9.28. The summed E-state index contributed by atoms with van der Waals surface area (Å²) in [4.78, 5) is 0. The molecule has 3 rings (SSSR count). The predicted molar refractivity (Wildman–Crippen MR) is 138 cm³/mol. The van der Waals surface area contributed by atoms with E-state index in [1.54, 1.807) is 0 Å². The Hall–Kier alpha value is -2.20. The van der Waals surface area contributed by atoms with Crippen LogP contribution in [0.15, 0.2) is 91.0 Å². The van der Waals surface area contributed by atoms with E-state index in [0.29, 0.717) is 6.61 Å². The van der Waals surface area contributed by atoms with E-state index in [-0.39, 0.29) is 10.5 Å². The number of hydrogen-bond donors (Lipinski definition) is 0. The van der Waals surface area contributed by atoms with Gasteiger partial charge in [-0.15, -0.1) is 0 Å². The van der Waals surface area contributed by atoms with E-state index >= 15 is 0 Å². The molecule has 0 aliphatic rings. The minimum absolute atomic E-state index is 0.0857. The van der Waals surface area contributed by atoms with Crippen LogP contribution in [-0.2, 0) is 27.0 Å². The lowest BCUT2D eigenvalue weighted by Gasteiger charge is -2.36. The van der Waals surface area contributed by atoms with Crippen LogP contribution in [0, 0.1) is 5.41 Å². The Morgan fingerprint density at radius 2 is 1.19 bits per heavy atom. The van der Waals surface area contributed by atoms with E-state index in [1.807, 2.05) is 0 Å². The van der Waals surface area contributed by atoms with Crippen molar-refractivity contribution in [3.63, 3.8) is 0 Å². The van der Waals surface area contributed by atoms with E-state index in [0.717, 1.165) is 32.5 Å². The minimum atomic E-state index is -0.801. The van der Waals surface area contributed by atoms with Crippen LogP contribution in [0.3, 0.4) is 0 Å². The molecule has 170 valence electrons. The summed E-state index contributed by atoms with van der Waals surface area (Å²) in [6.45, 7) is 9.03. The van der Waals surface area contributed by atoms with Crippen LogP contribution >= 0.6 is 0 Å². The van der Waals surface area contributed by atoms with Crippen molar-refractivity contribution < 1.29 is 9.16 Å². The zero-order chi connectivity index (χ0) is 22.7. The van der Waals surface area contributed by atoms with E-state index in [9.17, 15) is 0 Å². The van der Waals surface area contributed by atoms with Gasteiger partial charge in [-0.05, 0) is 36.0 Å². The fourth-order valence-corrected chi connectivity index (χ4v) is 5.74. The summed E-state index contributed by atoms with van der Waals surface area (Å²) < 4.78 is 12.8. The summed E-state index contributed by atoms with van der Waals surface area (Å²) in [5, 5.41) is 0.0940. The van der Waals surface area contributed by atoms with E-state index in [4.69, 9.17) is 9.16 Å². The van der Waals surface area contributed by atoms with Gasteiger partial charge in [-0.3, -0.25) is 0 Å². The molecule has 0 amide bonds. The third-order valence-electron chi connectivity index (χ3n) is 6.03. The number of benzene rings is 3. The molecule has 0 aliphatic carbocycles. The molecule has 0 aromatic heterocycles. The summed E-state index contributed by atoms with van der Waals surface area (Å²) >= 11 is 0. The van der Waals surface area contributed by atoms with Crippen molar-refractivity contribution in [2.45, 2.75) is 45.1 Å². The van der Waals surface area contributed by atoms with Gasteiger partial charge in [0.2, 0.25) is 0 Å². The van der Waals surface area contributed by atoms with Crippen LogP contribution in [0.2, 0.25) is 0 Å². The summed E-state index contributed by atoms with van der Waals surface area (Å²) in [6.07, 6.45) is 2.93. The van der Waals surface area contributed by atoms with Gasteiger partial charge in [0.05, 0.1) is 6.61 Å². The Labute approximate surface area is 196 Å². The van der Waals surface area contributed by atoms with Crippen LogP contribution < -0.4 is 0 Å². The average molecular weight is 447 g/mol. The van der Waals surface area contributed by atoms with Gasteiger partial charge >= 0.3 is 0 Å². The zero-order valence-electron chi connectivity index (χ0n) is 19.9. The third-order valence-corrected chi connectivity index (χ3v) is 7.57. The summed E-state index contributed by atoms with van der Waals surface area (Å²) in [5.41, 5.74) is 3.97. The molecular formula is C29H38O2Si. The van der Waals surface area contributed by atoms with Crippen molar-refractivity contribution in [3.8, 4) is 0 Å². The number of ether oxygens (including phenoxy) is 1. The third kappa shape index (κ3) is 7.44. The van der Waals surface area contributed by atoms with Crippen LogP contribution in [0.4, 0.5) is 0 Å². The first-order valence-corrected chi connectivity index (χ1v) is 13.1. The highest BCUT2D eigenvalue weighted by Gasteiger charge is 2.33. The van der Waals surface area contributed by atoms with Crippen LogP contribution in [0.25, 0.3) is 0 Å². The highest BCUT2D eigenvalue weighted by Crippen LogP contribution is 2.31. The summed E-state index contributed by atoms with van der Waals surface area (Å²) in [5.74, 6) is 0. The topological polar surface area (TPSA) is 18.5 Å². The maximum Gasteiger partial charge on any atom is 0.171 e. The molecule has 0 unspecified atom stereocenters. The van der Waals surface area contributed by atoms with Crippen LogP contribution in [0.1, 0.15) is 43.9 Å². The molecular weight excluding hydrogens is 408 g/mol. The van der Waals surface area contributed by atoms with E-state index < -0.39 is 9.76 Å².